The third-order valence-electron chi connectivity index (χ3n) is 4.77. The van der Waals surface area contributed by atoms with Crippen LogP contribution in [0.25, 0.3) is 0 Å². The predicted octanol–water partition coefficient (Wildman–Crippen LogP) is 2.96. The lowest BCUT2D eigenvalue weighted by Gasteiger charge is -2.38. The minimum atomic E-state index is -3.13. The van der Waals surface area contributed by atoms with Crippen molar-refractivity contribution >= 4 is 35.3 Å². The molecule has 1 aromatic heterocycles. The molecule has 0 aliphatic carbocycles. The topological polar surface area (TPSA) is 99.6 Å². The van der Waals surface area contributed by atoms with Gasteiger partial charge < -0.3 is 25.4 Å². The molecule has 2 heterocycles. The van der Waals surface area contributed by atoms with E-state index in [4.69, 9.17) is 16.3 Å². The Hall–Kier alpha value is -2.72. The maximum Gasteiger partial charge on any atom is 0.387 e. The third-order valence-corrected chi connectivity index (χ3v) is 5.07. The number of carbonyl (C=O) groups is 1. The predicted molar refractivity (Wildman–Crippen MR) is 104 cm³/mol. The number of nitrogens with zero attached hydrogens (tertiary/aromatic N) is 3. The molecule has 1 aromatic carbocycles. The summed E-state index contributed by atoms with van der Waals surface area (Å²) >= 11 is 6.31. The molecular weight excluding hydrogens is 408 g/mol. The van der Waals surface area contributed by atoms with Gasteiger partial charge in [0.1, 0.15) is 0 Å². The fraction of sp³-hybridized carbons (Fsp3) is 0.389. The van der Waals surface area contributed by atoms with Crippen LogP contribution in [0, 0.1) is 0 Å². The van der Waals surface area contributed by atoms with Crippen LogP contribution in [0.15, 0.2) is 24.5 Å². The largest absolute Gasteiger partial charge is 0.430 e. The van der Waals surface area contributed by atoms with Crippen molar-refractivity contribution in [1.82, 2.24) is 14.9 Å². The summed E-state index contributed by atoms with van der Waals surface area (Å²) in [6.45, 7) is -2.52. The van der Waals surface area contributed by atoms with Crippen molar-refractivity contribution in [2.75, 3.05) is 30.8 Å². The van der Waals surface area contributed by atoms with Crippen LogP contribution in [-0.4, -0.2) is 53.1 Å². The van der Waals surface area contributed by atoms with Gasteiger partial charge in [-0.25, -0.2) is 9.97 Å². The molecule has 0 atom stereocenters. The summed E-state index contributed by atoms with van der Waals surface area (Å²) in [7, 11) is 1.51. The second-order valence-corrected chi connectivity index (χ2v) is 6.89. The molecule has 8 nitrogen and oxygen atoms in total. The Labute approximate surface area is 170 Å². The van der Waals surface area contributed by atoms with Gasteiger partial charge in [0.2, 0.25) is 12.4 Å². The summed E-state index contributed by atoms with van der Waals surface area (Å²) in [5, 5.41) is 17.0. The molecule has 0 unspecified atom stereocenters. The zero-order chi connectivity index (χ0) is 21.0. The molecule has 29 heavy (non-hydrogen) atoms. The molecule has 156 valence electrons. The van der Waals surface area contributed by atoms with Gasteiger partial charge in [0.25, 0.3) is 0 Å². The van der Waals surface area contributed by atoms with E-state index in [1.165, 1.54) is 30.4 Å². The molecule has 0 saturated carbocycles. The quantitative estimate of drug-likeness (QED) is 0.584. The van der Waals surface area contributed by atoms with Gasteiger partial charge >= 0.3 is 6.61 Å². The molecule has 3 rings (SSSR count). The summed E-state index contributed by atoms with van der Waals surface area (Å²) in [4.78, 5) is 20.6. The number of rotatable bonds is 7. The smallest absolute Gasteiger partial charge is 0.387 e. The van der Waals surface area contributed by atoms with Crippen molar-refractivity contribution in [2.24, 2.45) is 0 Å². The number of ether oxygens (including phenoxy) is 1. The van der Waals surface area contributed by atoms with E-state index in [2.05, 4.69) is 20.6 Å². The summed E-state index contributed by atoms with van der Waals surface area (Å²) in [5.41, 5.74) is -0.960. The van der Waals surface area contributed by atoms with Crippen LogP contribution in [0.5, 0.6) is 5.75 Å². The first-order valence-electron chi connectivity index (χ1n) is 8.83. The van der Waals surface area contributed by atoms with E-state index in [1.54, 1.807) is 6.07 Å². The first-order chi connectivity index (χ1) is 13.9. The highest BCUT2D eigenvalue weighted by Crippen LogP contribution is 2.48. The number of anilines is 3. The molecule has 0 bridgehead atoms. The highest BCUT2D eigenvalue weighted by molar-refractivity contribution is 6.34. The minimum Gasteiger partial charge on any atom is -0.430 e. The number of benzene rings is 1. The van der Waals surface area contributed by atoms with Gasteiger partial charge in [-0.05, 0) is 25.0 Å². The van der Waals surface area contributed by atoms with E-state index in [9.17, 15) is 18.7 Å². The van der Waals surface area contributed by atoms with Crippen LogP contribution in [0.1, 0.15) is 18.4 Å². The number of aliphatic hydroxyl groups is 1. The Balaban J connectivity index is 2.15. The first kappa shape index (κ1) is 21.0. The van der Waals surface area contributed by atoms with E-state index in [-0.39, 0.29) is 46.5 Å². The number of carbonyl (C=O) groups excluding carboxylic acids is 1. The fourth-order valence-corrected chi connectivity index (χ4v) is 3.59. The van der Waals surface area contributed by atoms with Crippen LogP contribution < -0.4 is 15.4 Å². The van der Waals surface area contributed by atoms with Gasteiger partial charge in [-0.15, -0.1) is 0 Å². The molecule has 2 aromatic rings. The Morgan fingerprint density at radius 3 is 2.52 bits per heavy atom. The summed E-state index contributed by atoms with van der Waals surface area (Å²) < 4.78 is 31.2. The lowest BCUT2D eigenvalue weighted by Crippen LogP contribution is -2.42. The normalized spacial score (nSPS) is 15.9. The van der Waals surface area contributed by atoms with Crippen molar-refractivity contribution in [1.29, 1.82) is 0 Å². The number of piperidine rings is 1. The number of hydrogen-bond acceptors (Lipinski definition) is 7. The first-order valence-corrected chi connectivity index (χ1v) is 9.21. The van der Waals surface area contributed by atoms with Crippen molar-refractivity contribution < 1.29 is 23.4 Å². The van der Waals surface area contributed by atoms with Gasteiger partial charge in [-0.1, -0.05) is 11.6 Å². The molecule has 0 spiro atoms. The van der Waals surface area contributed by atoms with Crippen LogP contribution in [-0.2, 0) is 10.4 Å². The minimum absolute atomic E-state index is 0.0762. The number of nitrogens with one attached hydrogen (secondary N) is 2. The number of aromatic nitrogens is 2. The number of halogens is 3. The van der Waals surface area contributed by atoms with E-state index >= 15 is 0 Å². The number of hydrogen-bond donors (Lipinski definition) is 3. The molecule has 1 saturated heterocycles. The molecule has 1 aliphatic rings. The van der Waals surface area contributed by atoms with E-state index in [0.29, 0.717) is 19.5 Å². The molecular formula is C18H20ClF2N5O3. The highest BCUT2D eigenvalue weighted by Gasteiger charge is 2.38. The highest BCUT2D eigenvalue weighted by atomic mass is 35.5. The SMILES string of the molecule is CNc1c(Cl)cc(C2(O)CCN(C=O)CC2)c(Nc2ncccn2)c1OC(F)F. The molecule has 0 radical (unpaired) electrons. The van der Waals surface area contributed by atoms with E-state index < -0.39 is 12.2 Å². The number of amides is 1. The Bertz CT molecular complexity index is 864. The lowest BCUT2D eigenvalue weighted by molar-refractivity contribution is -0.122. The molecule has 1 amide bonds. The zero-order valence-electron chi connectivity index (χ0n) is 15.5. The molecule has 11 heteroatoms. The van der Waals surface area contributed by atoms with E-state index in [1.807, 2.05) is 0 Å². The summed E-state index contributed by atoms with van der Waals surface area (Å²) in [6.07, 6.45) is 4.06. The Morgan fingerprint density at radius 2 is 1.97 bits per heavy atom. The van der Waals surface area contributed by atoms with Crippen LogP contribution in [0.3, 0.4) is 0 Å². The lowest BCUT2D eigenvalue weighted by atomic mass is 9.83. The van der Waals surface area contributed by atoms with Gasteiger partial charge in [-0.3, -0.25) is 4.79 Å². The second kappa shape index (κ2) is 8.75. The van der Waals surface area contributed by atoms with Crippen molar-refractivity contribution in [3.63, 3.8) is 0 Å². The standard InChI is InChI=1S/C18H20ClF2N5O3/c1-22-14-12(19)9-11(18(28)3-7-26(10-27)8-4-18)13(15(14)29-16(20)21)25-17-23-5-2-6-24-17/h2,5-6,9-10,16,22,28H,3-4,7-8H2,1H3,(H,23,24,25). The van der Waals surface area contributed by atoms with Gasteiger partial charge in [0, 0.05) is 38.1 Å². The summed E-state index contributed by atoms with van der Waals surface area (Å²) in [6, 6.07) is 3.10. The Kier molecular flexibility index (Phi) is 6.33. The molecule has 3 N–H and O–H groups in total. The van der Waals surface area contributed by atoms with Crippen LogP contribution in [0.4, 0.5) is 26.1 Å². The maximum absolute atomic E-state index is 13.2. The maximum atomic E-state index is 13.2. The molecule has 1 aliphatic heterocycles. The fourth-order valence-electron chi connectivity index (χ4n) is 3.30. The number of likely N-dealkylation sites (tertiary alicyclic amines) is 1. The average Bonchev–Trinajstić information content (AvgIpc) is 2.71. The van der Waals surface area contributed by atoms with Crippen molar-refractivity contribution in [3.05, 3.63) is 35.1 Å². The van der Waals surface area contributed by atoms with Gasteiger partial charge in [0.15, 0.2) is 5.75 Å². The van der Waals surface area contributed by atoms with Crippen molar-refractivity contribution in [2.45, 2.75) is 25.1 Å². The van der Waals surface area contributed by atoms with Gasteiger partial charge in [-0.2, -0.15) is 8.78 Å². The third kappa shape index (κ3) is 4.48. The monoisotopic (exact) mass is 427 g/mol. The number of alkyl halides is 2. The van der Waals surface area contributed by atoms with Crippen molar-refractivity contribution in [3.8, 4) is 5.75 Å². The summed E-state index contributed by atoms with van der Waals surface area (Å²) in [5.74, 6) is -0.130. The molecule has 1 fully saturated rings. The van der Waals surface area contributed by atoms with Crippen LogP contribution in [0.2, 0.25) is 5.02 Å². The average molecular weight is 428 g/mol. The second-order valence-electron chi connectivity index (χ2n) is 6.48. The zero-order valence-corrected chi connectivity index (χ0v) is 16.3. The van der Waals surface area contributed by atoms with E-state index in [0.717, 1.165) is 0 Å². The Morgan fingerprint density at radius 1 is 1.31 bits per heavy atom. The van der Waals surface area contributed by atoms with Crippen LogP contribution >= 0.6 is 11.6 Å². The van der Waals surface area contributed by atoms with Gasteiger partial charge in [0.05, 0.1) is 22.0 Å².